The Kier molecular flexibility index (Phi) is 4.06. The van der Waals surface area contributed by atoms with E-state index in [9.17, 15) is 13.2 Å². The predicted octanol–water partition coefficient (Wildman–Crippen LogP) is 3.07. The summed E-state index contributed by atoms with van der Waals surface area (Å²) in [6.45, 7) is 2.60. The molecular weight excluding hydrogens is 279 g/mol. The van der Waals surface area contributed by atoms with Crippen LogP contribution in [0.1, 0.15) is 31.4 Å². The molecule has 1 saturated heterocycles. The minimum atomic E-state index is -4.37. The van der Waals surface area contributed by atoms with Gasteiger partial charge in [0.1, 0.15) is 11.5 Å². The van der Waals surface area contributed by atoms with Crippen LogP contribution in [-0.2, 0) is 6.18 Å². The predicted molar refractivity (Wildman–Crippen MR) is 75.2 cm³/mol. The van der Waals surface area contributed by atoms with Gasteiger partial charge in [0.15, 0.2) is 0 Å². The lowest BCUT2D eigenvalue weighted by atomic mass is 9.97. The van der Waals surface area contributed by atoms with Gasteiger partial charge in [0.05, 0.1) is 0 Å². The summed E-state index contributed by atoms with van der Waals surface area (Å²) >= 11 is 0. The van der Waals surface area contributed by atoms with Crippen LogP contribution in [0.15, 0.2) is 18.2 Å². The van der Waals surface area contributed by atoms with Crippen LogP contribution in [0.2, 0.25) is 0 Å². The van der Waals surface area contributed by atoms with Crippen LogP contribution in [0.25, 0.3) is 0 Å². The average Bonchev–Trinajstić information content (AvgIpc) is 3.29. The van der Waals surface area contributed by atoms with E-state index in [1.807, 2.05) is 4.90 Å². The monoisotopic (exact) mass is 299 g/mol. The zero-order valence-electron chi connectivity index (χ0n) is 11.9. The molecule has 0 atom stereocenters. The van der Waals surface area contributed by atoms with Gasteiger partial charge in [-0.1, -0.05) is 6.07 Å². The molecule has 116 valence electrons. The van der Waals surface area contributed by atoms with E-state index in [-0.39, 0.29) is 0 Å². The van der Waals surface area contributed by atoms with Crippen molar-refractivity contribution in [3.8, 4) is 0 Å². The molecule has 1 aromatic heterocycles. The van der Waals surface area contributed by atoms with Crippen molar-refractivity contribution in [1.82, 2.24) is 10.3 Å². The van der Waals surface area contributed by atoms with Gasteiger partial charge in [0.25, 0.3) is 0 Å². The summed E-state index contributed by atoms with van der Waals surface area (Å²) in [5, 5.41) is 3.53. The number of piperidine rings is 1. The second-order valence-corrected chi connectivity index (χ2v) is 5.99. The molecule has 2 aliphatic rings. The van der Waals surface area contributed by atoms with Crippen LogP contribution < -0.4 is 10.2 Å². The molecule has 0 radical (unpaired) electrons. The molecule has 1 N–H and O–H groups in total. The van der Waals surface area contributed by atoms with E-state index in [0.717, 1.165) is 38.5 Å². The van der Waals surface area contributed by atoms with Gasteiger partial charge in [-0.15, -0.1) is 0 Å². The number of nitrogens with zero attached hydrogens (tertiary/aromatic N) is 2. The van der Waals surface area contributed by atoms with Crippen molar-refractivity contribution in [3.63, 3.8) is 0 Å². The van der Waals surface area contributed by atoms with Crippen LogP contribution in [0.3, 0.4) is 0 Å². The van der Waals surface area contributed by atoms with Gasteiger partial charge >= 0.3 is 6.18 Å². The maximum atomic E-state index is 12.7. The molecular formula is C15H20F3N3. The molecule has 0 aromatic carbocycles. The Bertz CT molecular complexity index is 477. The fourth-order valence-electron chi connectivity index (χ4n) is 2.74. The minimum absolute atomic E-state index is 0.443. The first kappa shape index (κ1) is 14.6. The number of hydrogen-bond donors (Lipinski definition) is 1. The number of halogens is 3. The second-order valence-electron chi connectivity index (χ2n) is 5.99. The van der Waals surface area contributed by atoms with Crippen LogP contribution in [0, 0.1) is 5.92 Å². The third-order valence-corrected chi connectivity index (χ3v) is 4.24. The summed E-state index contributed by atoms with van der Waals surface area (Å²) in [5.74, 6) is 1.08. The van der Waals surface area contributed by atoms with Crippen molar-refractivity contribution >= 4 is 5.82 Å². The van der Waals surface area contributed by atoms with Crippen molar-refractivity contribution in [1.29, 1.82) is 0 Å². The summed E-state index contributed by atoms with van der Waals surface area (Å²) in [7, 11) is 0. The van der Waals surface area contributed by atoms with Crippen LogP contribution >= 0.6 is 0 Å². The maximum absolute atomic E-state index is 12.7. The molecule has 0 amide bonds. The van der Waals surface area contributed by atoms with Crippen LogP contribution in [0.5, 0.6) is 0 Å². The van der Waals surface area contributed by atoms with Crippen molar-refractivity contribution in [2.45, 2.75) is 37.9 Å². The number of nitrogens with one attached hydrogen (secondary N) is 1. The molecule has 1 saturated carbocycles. The van der Waals surface area contributed by atoms with E-state index in [1.165, 1.54) is 18.9 Å². The van der Waals surface area contributed by atoms with E-state index in [2.05, 4.69) is 10.3 Å². The lowest BCUT2D eigenvalue weighted by Gasteiger charge is -2.33. The van der Waals surface area contributed by atoms with Gasteiger partial charge in [-0.2, -0.15) is 13.2 Å². The summed E-state index contributed by atoms with van der Waals surface area (Å²) in [6, 6.07) is 4.84. The maximum Gasteiger partial charge on any atom is 0.433 e. The number of rotatable bonds is 4. The Balaban J connectivity index is 1.56. The minimum Gasteiger partial charge on any atom is -0.357 e. The standard InChI is InChI=1S/C15H20F3N3/c16-15(17,18)13-2-1-3-14(20-13)21-8-6-11(7-9-21)10-19-12-4-5-12/h1-3,11-12,19H,4-10H2. The van der Waals surface area contributed by atoms with Gasteiger partial charge in [-0.05, 0) is 50.3 Å². The fraction of sp³-hybridized carbons (Fsp3) is 0.667. The molecule has 0 spiro atoms. The molecule has 3 rings (SSSR count). The Hall–Kier alpha value is -1.30. The summed E-state index contributed by atoms with van der Waals surface area (Å²) in [5.41, 5.74) is -0.808. The highest BCUT2D eigenvalue weighted by Gasteiger charge is 2.33. The first-order chi connectivity index (χ1) is 10.0. The number of alkyl halides is 3. The normalized spacial score (nSPS) is 20.8. The van der Waals surface area contributed by atoms with Crippen molar-refractivity contribution < 1.29 is 13.2 Å². The number of hydrogen-bond acceptors (Lipinski definition) is 3. The molecule has 0 bridgehead atoms. The highest BCUT2D eigenvalue weighted by molar-refractivity contribution is 5.40. The Morgan fingerprint density at radius 3 is 2.48 bits per heavy atom. The fourth-order valence-corrected chi connectivity index (χ4v) is 2.74. The highest BCUT2D eigenvalue weighted by Crippen LogP contribution is 2.30. The first-order valence-electron chi connectivity index (χ1n) is 7.55. The van der Waals surface area contributed by atoms with Crippen LogP contribution in [-0.4, -0.2) is 30.7 Å². The third kappa shape index (κ3) is 3.87. The molecule has 1 aliphatic heterocycles. The van der Waals surface area contributed by atoms with Crippen LogP contribution in [0.4, 0.5) is 19.0 Å². The molecule has 2 fully saturated rings. The second kappa shape index (κ2) is 5.83. The summed E-state index contributed by atoms with van der Waals surface area (Å²) < 4.78 is 38.1. The molecule has 1 aromatic rings. The summed E-state index contributed by atoms with van der Waals surface area (Å²) in [6.07, 6.45) is 0.220. The molecule has 6 heteroatoms. The highest BCUT2D eigenvalue weighted by atomic mass is 19.4. The Morgan fingerprint density at radius 1 is 1.14 bits per heavy atom. The van der Waals surface area contributed by atoms with Gasteiger partial charge in [-0.3, -0.25) is 0 Å². The zero-order chi connectivity index (χ0) is 14.9. The Labute approximate surface area is 122 Å². The quantitative estimate of drug-likeness (QED) is 0.926. The Morgan fingerprint density at radius 2 is 1.86 bits per heavy atom. The topological polar surface area (TPSA) is 28.2 Å². The van der Waals surface area contributed by atoms with Gasteiger partial charge in [0, 0.05) is 19.1 Å². The lowest BCUT2D eigenvalue weighted by Crippen LogP contribution is -2.38. The van der Waals surface area contributed by atoms with Gasteiger partial charge in [0.2, 0.25) is 0 Å². The first-order valence-corrected chi connectivity index (χ1v) is 7.55. The average molecular weight is 299 g/mol. The van der Waals surface area contributed by atoms with E-state index < -0.39 is 11.9 Å². The molecule has 3 nitrogen and oxygen atoms in total. The van der Waals surface area contributed by atoms with Gasteiger partial charge < -0.3 is 10.2 Å². The molecule has 1 aliphatic carbocycles. The smallest absolute Gasteiger partial charge is 0.357 e. The summed E-state index contributed by atoms with van der Waals surface area (Å²) in [4.78, 5) is 5.72. The molecule has 0 unspecified atom stereocenters. The van der Waals surface area contributed by atoms with Crippen molar-refractivity contribution in [2.24, 2.45) is 5.92 Å². The number of aromatic nitrogens is 1. The molecule has 21 heavy (non-hydrogen) atoms. The SMILES string of the molecule is FC(F)(F)c1cccc(N2CCC(CNC3CC3)CC2)n1. The van der Waals surface area contributed by atoms with E-state index in [4.69, 9.17) is 0 Å². The number of pyridine rings is 1. The largest absolute Gasteiger partial charge is 0.433 e. The zero-order valence-corrected chi connectivity index (χ0v) is 11.9. The number of anilines is 1. The lowest BCUT2D eigenvalue weighted by molar-refractivity contribution is -0.141. The van der Waals surface area contributed by atoms with Crippen molar-refractivity contribution in [3.05, 3.63) is 23.9 Å². The van der Waals surface area contributed by atoms with Crippen molar-refractivity contribution in [2.75, 3.05) is 24.5 Å². The van der Waals surface area contributed by atoms with E-state index >= 15 is 0 Å². The van der Waals surface area contributed by atoms with Gasteiger partial charge in [-0.25, -0.2) is 4.98 Å². The molecule has 2 heterocycles. The van der Waals surface area contributed by atoms with E-state index in [0.29, 0.717) is 17.8 Å². The third-order valence-electron chi connectivity index (χ3n) is 4.24. The van der Waals surface area contributed by atoms with E-state index in [1.54, 1.807) is 6.07 Å².